The molecule has 0 aromatic heterocycles. The van der Waals surface area contributed by atoms with Gasteiger partial charge in [-0.05, 0) is 23.3 Å². The second kappa shape index (κ2) is 7.77. The minimum atomic E-state index is -3.82. The average molecular weight is 362 g/mol. The van der Waals surface area contributed by atoms with Crippen molar-refractivity contribution >= 4 is 27.7 Å². The molecule has 2 aromatic carbocycles. The van der Waals surface area contributed by atoms with E-state index in [-0.39, 0.29) is 18.8 Å². The third kappa shape index (κ3) is 5.59. The molecule has 0 heterocycles. The Labute approximate surface area is 145 Å². The van der Waals surface area contributed by atoms with Crippen LogP contribution in [-0.4, -0.2) is 31.9 Å². The zero-order valence-corrected chi connectivity index (χ0v) is 14.0. The SMILES string of the molecule is N=C(N)c1ccc(-c2ccc(NS(=O)(=O)NCCC(=O)O)cc2)cc1. The maximum atomic E-state index is 11.8. The van der Waals surface area contributed by atoms with Crippen LogP contribution in [0.1, 0.15) is 12.0 Å². The average Bonchev–Trinajstić information content (AvgIpc) is 2.54. The Hall–Kier alpha value is -2.91. The lowest BCUT2D eigenvalue weighted by Gasteiger charge is -2.09. The third-order valence-corrected chi connectivity index (χ3v) is 4.39. The van der Waals surface area contributed by atoms with Crippen LogP contribution < -0.4 is 15.2 Å². The first kappa shape index (κ1) is 18.4. The topological polar surface area (TPSA) is 145 Å². The molecule has 0 saturated heterocycles. The summed E-state index contributed by atoms with van der Waals surface area (Å²) in [4.78, 5) is 10.4. The summed E-state index contributed by atoms with van der Waals surface area (Å²) in [7, 11) is -3.82. The number of anilines is 1. The maximum absolute atomic E-state index is 11.8. The number of amidine groups is 1. The van der Waals surface area contributed by atoms with E-state index in [0.717, 1.165) is 11.1 Å². The van der Waals surface area contributed by atoms with E-state index in [2.05, 4.69) is 9.44 Å². The van der Waals surface area contributed by atoms with E-state index in [4.69, 9.17) is 16.2 Å². The summed E-state index contributed by atoms with van der Waals surface area (Å²) in [6, 6.07) is 13.8. The van der Waals surface area contributed by atoms with Gasteiger partial charge in [0.05, 0.1) is 6.42 Å². The number of nitrogens with one attached hydrogen (secondary N) is 3. The molecule has 0 fully saturated rings. The van der Waals surface area contributed by atoms with E-state index in [1.54, 1.807) is 36.4 Å². The lowest BCUT2D eigenvalue weighted by atomic mass is 10.0. The van der Waals surface area contributed by atoms with Crippen LogP contribution in [0.3, 0.4) is 0 Å². The summed E-state index contributed by atoms with van der Waals surface area (Å²) in [5.41, 5.74) is 8.17. The van der Waals surface area contributed by atoms with Gasteiger partial charge in [0.25, 0.3) is 10.2 Å². The fourth-order valence-electron chi connectivity index (χ4n) is 2.06. The van der Waals surface area contributed by atoms with Gasteiger partial charge in [-0.2, -0.15) is 13.1 Å². The number of carboxylic acids is 1. The quantitative estimate of drug-likeness (QED) is 0.355. The van der Waals surface area contributed by atoms with Crippen LogP contribution in [-0.2, 0) is 15.0 Å². The van der Waals surface area contributed by atoms with Crippen LogP contribution in [0, 0.1) is 5.41 Å². The number of benzene rings is 2. The van der Waals surface area contributed by atoms with E-state index >= 15 is 0 Å². The van der Waals surface area contributed by atoms with Gasteiger partial charge >= 0.3 is 5.97 Å². The van der Waals surface area contributed by atoms with Crippen LogP contribution in [0.25, 0.3) is 11.1 Å². The molecule has 0 aliphatic carbocycles. The fourth-order valence-corrected chi connectivity index (χ4v) is 2.95. The Morgan fingerprint density at radius 3 is 2.04 bits per heavy atom. The molecule has 8 nitrogen and oxygen atoms in total. The van der Waals surface area contributed by atoms with E-state index in [0.29, 0.717) is 11.3 Å². The van der Waals surface area contributed by atoms with Gasteiger partial charge in [-0.3, -0.25) is 14.9 Å². The molecular weight excluding hydrogens is 344 g/mol. The Bertz CT molecular complexity index is 862. The van der Waals surface area contributed by atoms with Crippen LogP contribution in [0.2, 0.25) is 0 Å². The molecule has 0 aliphatic heterocycles. The maximum Gasteiger partial charge on any atom is 0.304 e. The summed E-state index contributed by atoms with van der Waals surface area (Å²) in [6.07, 6.45) is -0.296. The molecule has 25 heavy (non-hydrogen) atoms. The van der Waals surface area contributed by atoms with E-state index in [9.17, 15) is 13.2 Å². The first-order chi connectivity index (χ1) is 11.8. The van der Waals surface area contributed by atoms with Gasteiger partial charge in [0, 0.05) is 17.8 Å². The molecule has 0 bridgehead atoms. The summed E-state index contributed by atoms with van der Waals surface area (Å²) in [6.45, 7) is -0.189. The summed E-state index contributed by atoms with van der Waals surface area (Å²) >= 11 is 0. The van der Waals surface area contributed by atoms with Crippen molar-refractivity contribution < 1.29 is 18.3 Å². The minimum Gasteiger partial charge on any atom is -0.481 e. The fraction of sp³-hybridized carbons (Fsp3) is 0.125. The highest BCUT2D eigenvalue weighted by atomic mass is 32.2. The van der Waals surface area contributed by atoms with Crippen LogP contribution >= 0.6 is 0 Å². The number of rotatable bonds is 8. The predicted octanol–water partition coefficient (Wildman–Crippen LogP) is 1.36. The molecule has 2 aromatic rings. The molecule has 0 saturated carbocycles. The summed E-state index contributed by atoms with van der Waals surface area (Å²) in [5, 5.41) is 15.9. The zero-order chi connectivity index (χ0) is 18.4. The Kier molecular flexibility index (Phi) is 5.73. The third-order valence-electron chi connectivity index (χ3n) is 3.30. The molecule has 132 valence electrons. The molecule has 2 rings (SSSR count). The summed E-state index contributed by atoms with van der Waals surface area (Å²) in [5.74, 6) is -1.09. The Morgan fingerprint density at radius 1 is 1.04 bits per heavy atom. The monoisotopic (exact) mass is 362 g/mol. The van der Waals surface area contributed by atoms with Crippen LogP contribution in [0.4, 0.5) is 5.69 Å². The van der Waals surface area contributed by atoms with Crippen LogP contribution in [0.15, 0.2) is 48.5 Å². The number of nitrogens with two attached hydrogens (primary N) is 1. The molecule has 9 heteroatoms. The first-order valence-corrected chi connectivity index (χ1v) is 8.79. The zero-order valence-electron chi connectivity index (χ0n) is 13.2. The van der Waals surface area contributed by atoms with Crippen molar-refractivity contribution in [3.05, 3.63) is 54.1 Å². The van der Waals surface area contributed by atoms with Crippen molar-refractivity contribution in [1.82, 2.24) is 4.72 Å². The molecule has 0 amide bonds. The van der Waals surface area contributed by atoms with Crippen molar-refractivity contribution in [2.75, 3.05) is 11.3 Å². The van der Waals surface area contributed by atoms with Gasteiger partial charge < -0.3 is 10.8 Å². The van der Waals surface area contributed by atoms with Crippen molar-refractivity contribution in [3.8, 4) is 11.1 Å². The number of aliphatic carboxylic acids is 1. The highest BCUT2D eigenvalue weighted by Gasteiger charge is 2.10. The Balaban J connectivity index is 2.04. The minimum absolute atomic E-state index is 0.00768. The highest BCUT2D eigenvalue weighted by molar-refractivity contribution is 7.90. The first-order valence-electron chi connectivity index (χ1n) is 7.31. The van der Waals surface area contributed by atoms with E-state index in [1.165, 1.54) is 0 Å². The molecule has 0 aliphatic rings. The number of hydrogen-bond donors (Lipinski definition) is 5. The standard InChI is InChI=1S/C16H18N4O4S/c17-16(18)13-3-1-11(2-4-13)12-5-7-14(8-6-12)20-25(23,24)19-10-9-15(21)22/h1-8,19-20H,9-10H2,(H3,17,18)(H,21,22). The molecule has 0 atom stereocenters. The van der Waals surface area contributed by atoms with Crippen molar-refractivity contribution in [3.63, 3.8) is 0 Å². The summed E-state index contributed by atoms with van der Waals surface area (Å²) < 4.78 is 28.0. The lowest BCUT2D eigenvalue weighted by Crippen LogP contribution is -2.31. The largest absolute Gasteiger partial charge is 0.481 e. The Morgan fingerprint density at radius 2 is 1.56 bits per heavy atom. The molecule has 0 spiro atoms. The van der Waals surface area contributed by atoms with Crippen molar-refractivity contribution in [2.45, 2.75) is 6.42 Å². The molecular formula is C16H18N4O4S. The highest BCUT2D eigenvalue weighted by Crippen LogP contribution is 2.22. The van der Waals surface area contributed by atoms with Gasteiger partial charge in [0.2, 0.25) is 0 Å². The predicted molar refractivity (Wildman–Crippen MR) is 95.7 cm³/mol. The van der Waals surface area contributed by atoms with Gasteiger partial charge in [0.15, 0.2) is 0 Å². The van der Waals surface area contributed by atoms with Crippen molar-refractivity contribution in [2.24, 2.45) is 5.73 Å². The number of hydrogen-bond acceptors (Lipinski definition) is 4. The van der Waals surface area contributed by atoms with Gasteiger partial charge in [-0.1, -0.05) is 36.4 Å². The second-order valence-electron chi connectivity index (χ2n) is 5.21. The van der Waals surface area contributed by atoms with Crippen molar-refractivity contribution in [1.29, 1.82) is 5.41 Å². The second-order valence-corrected chi connectivity index (χ2v) is 6.71. The molecule has 6 N–H and O–H groups in total. The van der Waals surface area contributed by atoms with Crippen LogP contribution in [0.5, 0.6) is 0 Å². The normalized spacial score (nSPS) is 11.0. The van der Waals surface area contributed by atoms with Gasteiger partial charge in [0.1, 0.15) is 5.84 Å². The number of carbonyl (C=O) groups is 1. The molecule has 0 unspecified atom stereocenters. The van der Waals surface area contributed by atoms with E-state index in [1.807, 2.05) is 12.1 Å². The number of nitrogen functional groups attached to an aromatic ring is 1. The van der Waals surface area contributed by atoms with Gasteiger partial charge in [-0.15, -0.1) is 0 Å². The lowest BCUT2D eigenvalue weighted by molar-refractivity contribution is -0.136. The number of carboxylic acid groups (broad SMARTS) is 1. The molecule has 0 radical (unpaired) electrons. The van der Waals surface area contributed by atoms with Gasteiger partial charge in [-0.25, -0.2) is 0 Å². The smallest absolute Gasteiger partial charge is 0.304 e. The van der Waals surface area contributed by atoms with E-state index < -0.39 is 16.2 Å².